The second kappa shape index (κ2) is 9.87. The monoisotopic (exact) mass is 316 g/mol. The molecule has 0 radical (unpaired) electrons. The number of aryl methyl sites for hydroxylation is 1. The van der Waals surface area contributed by atoms with Crippen molar-refractivity contribution < 1.29 is 4.79 Å². The quantitative estimate of drug-likeness (QED) is 0.370. The molecule has 126 valence electrons. The fourth-order valence-electron chi connectivity index (χ4n) is 2.35. The van der Waals surface area contributed by atoms with Crippen LogP contribution in [0.3, 0.4) is 0 Å². The molecule has 0 aromatic heterocycles. The third kappa shape index (κ3) is 7.68. The zero-order chi connectivity index (χ0) is 16.3. The number of nitrogens with zero attached hydrogens (tertiary/aromatic N) is 1. The summed E-state index contributed by atoms with van der Waals surface area (Å²) < 4.78 is 0. The Kier molecular flexibility index (Phi) is 7.43. The van der Waals surface area contributed by atoms with Gasteiger partial charge in [0.05, 0.1) is 0 Å². The van der Waals surface area contributed by atoms with E-state index >= 15 is 0 Å². The average Bonchev–Trinajstić information content (AvgIpc) is 3.38. The molecule has 0 aliphatic heterocycles. The molecule has 0 spiro atoms. The summed E-state index contributed by atoms with van der Waals surface area (Å²) in [6.07, 6.45) is 5.81. The Morgan fingerprint density at radius 1 is 1.13 bits per heavy atom. The third-order valence-electron chi connectivity index (χ3n) is 3.82. The molecule has 0 unspecified atom stereocenters. The minimum Gasteiger partial charge on any atom is -0.356 e. The Morgan fingerprint density at radius 3 is 2.48 bits per heavy atom. The lowest BCUT2D eigenvalue weighted by molar-refractivity contribution is -0.121. The number of aliphatic imine (C=N–C) groups is 1. The zero-order valence-corrected chi connectivity index (χ0v) is 14.0. The number of carbonyl (C=O) groups is 1. The van der Waals surface area contributed by atoms with Crippen LogP contribution in [0.25, 0.3) is 0 Å². The van der Waals surface area contributed by atoms with E-state index in [1.165, 1.54) is 5.56 Å². The number of carbonyl (C=O) groups excluding carboxylic acids is 1. The molecule has 0 saturated heterocycles. The Hall–Kier alpha value is -2.04. The van der Waals surface area contributed by atoms with E-state index < -0.39 is 0 Å². The van der Waals surface area contributed by atoms with Crippen molar-refractivity contribution >= 4 is 11.9 Å². The van der Waals surface area contributed by atoms with Crippen molar-refractivity contribution in [1.29, 1.82) is 0 Å². The molecule has 5 heteroatoms. The van der Waals surface area contributed by atoms with Gasteiger partial charge >= 0.3 is 0 Å². The van der Waals surface area contributed by atoms with E-state index in [1.807, 2.05) is 6.07 Å². The molecule has 1 aliphatic carbocycles. The summed E-state index contributed by atoms with van der Waals surface area (Å²) in [6, 6.07) is 10.9. The van der Waals surface area contributed by atoms with Crippen molar-refractivity contribution in [3.8, 4) is 0 Å². The first kappa shape index (κ1) is 17.3. The molecule has 23 heavy (non-hydrogen) atoms. The van der Waals surface area contributed by atoms with E-state index in [9.17, 15) is 4.79 Å². The smallest absolute Gasteiger partial charge is 0.220 e. The van der Waals surface area contributed by atoms with Gasteiger partial charge in [0, 0.05) is 32.6 Å². The maximum absolute atomic E-state index is 11.6. The van der Waals surface area contributed by atoms with Crippen LogP contribution in [0.15, 0.2) is 35.3 Å². The van der Waals surface area contributed by atoms with Crippen molar-refractivity contribution in [3.63, 3.8) is 0 Å². The summed E-state index contributed by atoms with van der Waals surface area (Å²) in [5.41, 5.74) is 1.36. The molecule has 2 rings (SSSR count). The van der Waals surface area contributed by atoms with E-state index in [0.29, 0.717) is 12.5 Å². The molecule has 1 aliphatic rings. The number of hydrogen-bond donors (Lipinski definition) is 3. The number of rotatable bonds is 9. The van der Waals surface area contributed by atoms with E-state index in [4.69, 9.17) is 0 Å². The van der Waals surface area contributed by atoms with Crippen LogP contribution in [0, 0.1) is 0 Å². The van der Waals surface area contributed by atoms with Crippen molar-refractivity contribution in [2.75, 3.05) is 20.1 Å². The van der Waals surface area contributed by atoms with Gasteiger partial charge in [-0.1, -0.05) is 30.3 Å². The van der Waals surface area contributed by atoms with E-state index in [0.717, 1.165) is 51.2 Å². The lowest BCUT2D eigenvalue weighted by Crippen LogP contribution is -2.38. The summed E-state index contributed by atoms with van der Waals surface area (Å²) in [6.45, 7) is 1.65. The molecule has 1 aromatic rings. The van der Waals surface area contributed by atoms with Gasteiger partial charge in [-0.2, -0.15) is 0 Å². The Bertz CT molecular complexity index is 497. The van der Waals surface area contributed by atoms with Crippen molar-refractivity contribution in [2.24, 2.45) is 4.99 Å². The largest absolute Gasteiger partial charge is 0.356 e. The Morgan fingerprint density at radius 2 is 1.83 bits per heavy atom. The predicted octanol–water partition coefficient (Wildman–Crippen LogP) is 1.84. The fourth-order valence-corrected chi connectivity index (χ4v) is 2.35. The lowest BCUT2D eigenvalue weighted by Gasteiger charge is -2.11. The molecule has 1 saturated carbocycles. The summed E-state index contributed by atoms with van der Waals surface area (Å²) in [5.74, 6) is 0.973. The number of amides is 1. The molecule has 1 amide bonds. The highest BCUT2D eigenvalue weighted by molar-refractivity contribution is 5.79. The first-order valence-corrected chi connectivity index (χ1v) is 8.56. The Balaban J connectivity index is 1.50. The average molecular weight is 316 g/mol. The fraction of sp³-hybridized carbons (Fsp3) is 0.556. The van der Waals surface area contributed by atoms with E-state index in [1.54, 1.807) is 7.05 Å². The maximum atomic E-state index is 11.6. The summed E-state index contributed by atoms with van der Waals surface area (Å²) in [4.78, 5) is 15.8. The molecule has 5 nitrogen and oxygen atoms in total. The molecule has 0 atom stereocenters. The topological polar surface area (TPSA) is 65.5 Å². The highest BCUT2D eigenvalue weighted by atomic mass is 16.1. The summed E-state index contributed by atoms with van der Waals surface area (Å²) >= 11 is 0. The number of hydrogen-bond acceptors (Lipinski definition) is 2. The van der Waals surface area contributed by atoms with Gasteiger partial charge in [-0.3, -0.25) is 9.79 Å². The molecular formula is C18H28N4O. The molecule has 3 N–H and O–H groups in total. The molecule has 1 aromatic carbocycles. The minimum atomic E-state index is 0.167. The van der Waals surface area contributed by atoms with Crippen LogP contribution in [-0.4, -0.2) is 38.0 Å². The van der Waals surface area contributed by atoms with E-state index in [2.05, 4.69) is 45.2 Å². The van der Waals surface area contributed by atoms with E-state index in [-0.39, 0.29) is 5.91 Å². The van der Waals surface area contributed by atoms with Gasteiger partial charge in [0.25, 0.3) is 0 Å². The molecule has 0 heterocycles. The third-order valence-corrected chi connectivity index (χ3v) is 3.82. The zero-order valence-electron chi connectivity index (χ0n) is 14.0. The van der Waals surface area contributed by atoms with Gasteiger partial charge in [0.2, 0.25) is 5.91 Å². The summed E-state index contributed by atoms with van der Waals surface area (Å²) in [7, 11) is 1.77. The van der Waals surface area contributed by atoms with Gasteiger partial charge < -0.3 is 16.0 Å². The first-order chi connectivity index (χ1) is 11.3. The predicted molar refractivity (Wildman–Crippen MR) is 94.5 cm³/mol. The molecular weight excluding hydrogens is 288 g/mol. The minimum absolute atomic E-state index is 0.167. The maximum Gasteiger partial charge on any atom is 0.220 e. The van der Waals surface area contributed by atoms with Gasteiger partial charge in [-0.05, 0) is 37.7 Å². The standard InChI is InChI=1S/C18H28N4O/c1-19-18(20-13-5-9-15-7-3-2-4-8-15)21-14-6-10-17(23)22-16-11-12-16/h2-4,7-8,16H,5-6,9-14H2,1H3,(H,22,23)(H2,19,20,21). The number of benzene rings is 1. The second-order valence-corrected chi connectivity index (χ2v) is 5.96. The van der Waals surface area contributed by atoms with Crippen LogP contribution < -0.4 is 16.0 Å². The van der Waals surface area contributed by atoms with Crippen molar-refractivity contribution in [3.05, 3.63) is 35.9 Å². The van der Waals surface area contributed by atoms with Crippen LogP contribution in [0.5, 0.6) is 0 Å². The first-order valence-electron chi connectivity index (χ1n) is 8.56. The normalized spacial score (nSPS) is 14.4. The van der Waals surface area contributed by atoms with Crippen molar-refractivity contribution in [1.82, 2.24) is 16.0 Å². The number of nitrogens with one attached hydrogen (secondary N) is 3. The second-order valence-electron chi connectivity index (χ2n) is 5.96. The van der Waals surface area contributed by atoms with Crippen LogP contribution in [0.2, 0.25) is 0 Å². The lowest BCUT2D eigenvalue weighted by atomic mass is 10.1. The van der Waals surface area contributed by atoms with Gasteiger partial charge in [-0.15, -0.1) is 0 Å². The SMILES string of the molecule is CN=C(NCCCC(=O)NC1CC1)NCCCc1ccccc1. The van der Waals surface area contributed by atoms with Gasteiger partial charge in [0.1, 0.15) is 0 Å². The van der Waals surface area contributed by atoms with Crippen molar-refractivity contribution in [2.45, 2.75) is 44.6 Å². The molecule has 0 bridgehead atoms. The summed E-state index contributed by atoms with van der Waals surface area (Å²) in [5, 5.41) is 9.56. The van der Waals surface area contributed by atoms with Crippen LogP contribution >= 0.6 is 0 Å². The van der Waals surface area contributed by atoms with Gasteiger partial charge in [-0.25, -0.2) is 0 Å². The van der Waals surface area contributed by atoms with Crippen LogP contribution in [-0.2, 0) is 11.2 Å². The van der Waals surface area contributed by atoms with Crippen LogP contribution in [0.4, 0.5) is 0 Å². The van der Waals surface area contributed by atoms with Gasteiger partial charge in [0.15, 0.2) is 5.96 Å². The highest BCUT2D eigenvalue weighted by Crippen LogP contribution is 2.18. The highest BCUT2D eigenvalue weighted by Gasteiger charge is 2.22. The Labute approximate surface area is 139 Å². The van der Waals surface area contributed by atoms with Crippen LogP contribution in [0.1, 0.15) is 37.7 Å². The molecule has 1 fully saturated rings. The number of guanidine groups is 1.